The molecule has 0 aliphatic carbocycles. The lowest BCUT2D eigenvalue weighted by Crippen LogP contribution is -2.78. The fourth-order valence-corrected chi connectivity index (χ4v) is 28.9. The van der Waals surface area contributed by atoms with Crippen molar-refractivity contribution in [2.24, 2.45) is 0 Å². The van der Waals surface area contributed by atoms with E-state index in [1.165, 1.54) is 0 Å². The third-order valence-corrected chi connectivity index (χ3v) is 31.6. The fourth-order valence-electron chi connectivity index (χ4n) is 1.43. The zero-order valence-electron chi connectivity index (χ0n) is 7.48. The smallest absolute Gasteiger partial charge is 0.184 e. The standard InChI is InChI=1S/C7H15OSi3/c1-6-10(4)8-11(5,7-2)9(10)3/h6-7H,1-2H2,3-5H3. The molecule has 1 aliphatic rings. The van der Waals surface area contributed by atoms with Crippen molar-refractivity contribution in [2.45, 2.75) is 19.6 Å². The molecule has 61 valence electrons. The normalized spacial score (nSPS) is 44.6. The Morgan fingerprint density at radius 1 is 1.18 bits per heavy atom. The van der Waals surface area contributed by atoms with Crippen molar-refractivity contribution in [3.8, 4) is 0 Å². The van der Waals surface area contributed by atoms with Gasteiger partial charge in [-0.1, -0.05) is 17.9 Å². The second kappa shape index (κ2) is 2.55. The van der Waals surface area contributed by atoms with Gasteiger partial charge in [-0.25, -0.2) is 0 Å². The average molecular weight is 199 g/mol. The van der Waals surface area contributed by atoms with Crippen molar-refractivity contribution in [1.29, 1.82) is 0 Å². The largest absolute Gasteiger partial charge is 0.454 e. The molecule has 0 aromatic rings. The zero-order valence-corrected chi connectivity index (χ0v) is 10.5. The lowest BCUT2D eigenvalue weighted by atomic mass is 11.3. The molecule has 0 saturated carbocycles. The van der Waals surface area contributed by atoms with Crippen molar-refractivity contribution in [3.05, 3.63) is 24.6 Å². The van der Waals surface area contributed by atoms with Gasteiger partial charge in [0.25, 0.3) is 0 Å². The van der Waals surface area contributed by atoms with Crippen LogP contribution in [0.3, 0.4) is 0 Å². The molecule has 2 unspecified atom stereocenters. The van der Waals surface area contributed by atoms with Crippen LogP contribution < -0.4 is 0 Å². The molecule has 11 heavy (non-hydrogen) atoms. The highest BCUT2D eigenvalue weighted by molar-refractivity contribution is 7.67. The Balaban J connectivity index is 2.77. The minimum absolute atomic E-state index is 0.249. The van der Waals surface area contributed by atoms with E-state index in [4.69, 9.17) is 4.12 Å². The summed E-state index contributed by atoms with van der Waals surface area (Å²) in [6.45, 7) is 14.6. The van der Waals surface area contributed by atoms with Crippen LogP contribution in [0, 0.1) is 0 Å². The van der Waals surface area contributed by atoms with Crippen LogP contribution in [0.25, 0.3) is 0 Å². The van der Waals surface area contributed by atoms with Gasteiger partial charge in [-0.05, 0) is 13.1 Å². The van der Waals surface area contributed by atoms with Gasteiger partial charge in [0.05, 0.1) is 0 Å². The topological polar surface area (TPSA) is 9.23 Å². The predicted octanol–water partition coefficient (Wildman–Crippen LogP) is 1.90. The highest BCUT2D eigenvalue weighted by atomic mass is 29.7. The lowest BCUT2D eigenvalue weighted by Gasteiger charge is -2.53. The summed E-state index contributed by atoms with van der Waals surface area (Å²) in [7, 11) is -3.00. The fraction of sp³-hybridized carbons (Fsp3) is 0.429. The van der Waals surface area contributed by atoms with Gasteiger partial charge < -0.3 is 4.12 Å². The molecular formula is C7H15OSi3. The van der Waals surface area contributed by atoms with Crippen LogP contribution in [-0.2, 0) is 4.12 Å². The van der Waals surface area contributed by atoms with E-state index in [2.05, 4.69) is 44.2 Å². The Labute approximate surface area is 72.2 Å². The third-order valence-electron chi connectivity index (χ3n) is 2.69. The van der Waals surface area contributed by atoms with E-state index in [1.807, 2.05) is 0 Å². The molecule has 4 heteroatoms. The maximum atomic E-state index is 6.01. The van der Waals surface area contributed by atoms with Gasteiger partial charge >= 0.3 is 0 Å². The van der Waals surface area contributed by atoms with Crippen LogP contribution in [-0.4, -0.2) is 23.5 Å². The van der Waals surface area contributed by atoms with Crippen LogP contribution >= 0.6 is 0 Å². The Morgan fingerprint density at radius 3 is 1.73 bits per heavy atom. The first-order valence-electron chi connectivity index (χ1n) is 3.80. The van der Waals surface area contributed by atoms with E-state index >= 15 is 0 Å². The van der Waals surface area contributed by atoms with Crippen molar-refractivity contribution in [1.82, 2.24) is 0 Å². The zero-order chi connectivity index (χ0) is 8.70. The van der Waals surface area contributed by atoms with Gasteiger partial charge in [0.2, 0.25) is 0 Å². The molecule has 1 nitrogen and oxygen atoms in total. The molecule has 1 rings (SSSR count). The molecule has 0 bridgehead atoms. The van der Waals surface area contributed by atoms with Crippen LogP contribution in [0.4, 0.5) is 0 Å². The van der Waals surface area contributed by atoms with Gasteiger partial charge in [0, 0.05) is 0 Å². The van der Waals surface area contributed by atoms with Gasteiger partial charge in [-0.3, -0.25) is 0 Å². The quantitative estimate of drug-likeness (QED) is 0.617. The second-order valence-electron chi connectivity index (χ2n) is 3.35. The Morgan fingerprint density at radius 2 is 1.55 bits per heavy atom. The summed E-state index contributed by atoms with van der Waals surface area (Å²) in [5.74, 6) is 0. The number of hydrogen-bond donors (Lipinski definition) is 0. The van der Waals surface area contributed by atoms with E-state index in [-0.39, 0.29) is 7.83 Å². The summed E-state index contributed by atoms with van der Waals surface area (Å²) in [4.78, 5) is 0. The maximum Gasteiger partial charge on any atom is 0.184 e. The predicted molar refractivity (Wildman–Crippen MR) is 56.3 cm³/mol. The van der Waals surface area contributed by atoms with Crippen LogP contribution in [0.1, 0.15) is 0 Å². The molecule has 1 fully saturated rings. The summed E-state index contributed by atoms with van der Waals surface area (Å²) >= 11 is 0. The van der Waals surface area contributed by atoms with Crippen LogP contribution in [0.2, 0.25) is 19.6 Å². The molecule has 1 heterocycles. The SMILES string of the molecule is C=C[Si]1(C)O[Si](C)(C=C)[Si]1C. The van der Waals surface area contributed by atoms with Gasteiger partial charge in [-0.15, -0.1) is 13.2 Å². The second-order valence-corrected chi connectivity index (χ2v) is 22.6. The minimum atomic E-state index is -1.37. The van der Waals surface area contributed by atoms with Gasteiger partial charge in [-0.2, -0.15) is 0 Å². The lowest BCUT2D eigenvalue weighted by molar-refractivity contribution is 0.576. The first-order valence-corrected chi connectivity index (χ1v) is 12.8. The Hall–Kier alpha value is 0.0906. The molecule has 2 atom stereocenters. The Kier molecular flexibility index (Phi) is 2.13. The first-order chi connectivity index (χ1) is 4.98. The van der Waals surface area contributed by atoms with Gasteiger partial charge in [0.1, 0.15) is 7.83 Å². The van der Waals surface area contributed by atoms with Crippen molar-refractivity contribution < 1.29 is 4.12 Å². The molecule has 0 spiro atoms. The molecule has 0 N–H and O–H groups in total. The Bertz CT molecular complexity index is 186. The molecule has 0 amide bonds. The summed E-state index contributed by atoms with van der Waals surface area (Å²) in [6.07, 6.45) is 0. The molecule has 1 saturated heterocycles. The van der Waals surface area contributed by atoms with Crippen molar-refractivity contribution in [2.75, 3.05) is 0 Å². The molecule has 0 aromatic heterocycles. The number of rotatable bonds is 2. The third kappa shape index (κ3) is 1.14. The maximum absolute atomic E-state index is 6.01. The monoisotopic (exact) mass is 199 g/mol. The van der Waals surface area contributed by atoms with Crippen molar-refractivity contribution >= 4 is 23.5 Å². The summed E-state index contributed by atoms with van der Waals surface area (Å²) in [5.41, 5.74) is 4.17. The van der Waals surface area contributed by atoms with E-state index < -0.39 is 15.7 Å². The van der Waals surface area contributed by atoms with Crippen LogP contribution in [0.5, 0.6) is 0 Å². The van der Waals surface area contributed by atoms with E-state index in [0.717, 1.165) is 0 Å². The average Bonchev–Trinajstić information content (AvgIpc) is 2.03. The molecule has 0 aromatic carbocycles. The summed E-state index contributed by atoms with van der Waals surface area (Å²) < 4.78 is 6.01. The minimum Gasteiger partial charge on any atom is -0.454 e. The van der Waals surface area contributed by atoms with E-state index in [0.29, 0.717) is 0 Å². The van der Waals surface area contributed by atoms with E-state index in [1.54, 1.807) is 0 Å². The number of hydrogen-bond acceptors (Lipinski definition) is 1. The molecule has 1 aliphatic heterocycles. The molecule has 1 radical (unpaired) electrons. The highest BCUT2D eigenvalue weighted by Gasteiger charge is 2.59. The van der Waals surface area contributed by atoms with Crippen LogP contribution in [0.15, 0.2) is 24.6 Å². The summed E-state index contributed by atoms with van der Waals surface area (Å²) in [5, 5.41) is 0. The van der Waals surface area contributed by atoms with Gasteiger partial charge in [0.15, 0.2) is 15.7 Å². The van der Waals surface area contributed by atoms with E-state index in [9.17, 15) is 0 Å². The highest BCUT2D eigenvalue weighted by Crippen LogP contribution is 2.34. The summed E-state index contributed by atoms with van der Waals surface area (Å²) in [6, 6.07) is 0. The molecular weight excluding hydrogens is 184 g/mol. The van der Waals surface area contributed by atoms with Crippen molar-refractivity contribution in [3.63, 3.8) is 0 Å². The first kappa shape index (κ1) is 9.18.